The minimum Gasteiger partial charge on any atom is -0.349 e. The number of piperidine rings is 1. The van der Waals surface area contributed by atoms with Gasteiger partial charge in [0.2, 0.25) is 5.91 Å². The predicted molar refractivity (Wildman–Crippen MR) is 80.7 cm³/mol. The van der Waals surface area contributed by atoms with Gasteiger partial charge in [0.25, 0.3) is 5.91 Å². The van der Waals surface area contributed by atoms with Crippen molar-refractivity contribution in [1.29, 1.82) is 0 Å². The number of hydrogen-bond donors (Lipinski definition) is 3. The number of nitrogens with one attached hydrogen (secondary N) is 2. The third kappa shape index (κ3) is 2.49. The van der Waals surface area contributed by atoms with E-state index in [0.29, 0.717) is 5.56 Å². The summed E-state index contributed by atoms with van der Waals surface area (Å²) in [5.41, 5.74) is 3.99. The number of aromatic nitrogens is 1. The van der Waals surface area contributed by atoms with Crippen LogP contribution in [0.4, 0.5) is 0 Å². The maximum absolute atomic E-state index is 11.8. The summed E-state index contributed by atoms with van der Waals surface area (Å²) in [5, 5.41) is 11.9. The van der Waals surface area contributed by atoms with Crippen molar-refractivity contribution in [2.45, 2.75) is 37.8 Å². The fraction of sp³-hybridized carbons (Fsp3) is 0.562. The van der Waals surface area contributed by atoms with Gasteiger partial charge in [0.15, 0.2) is 0 Å². The van der Waals surface area contributed by atoms with Gasteiger partial charge in [0.1, 0.15) is 0 Å². The smallest absolute Gasteiger partial charge is 0.276 e. The van der Waals surface area contributed by atoms with Crippen LogP contribution < -0.4 is 10.8 Å². The largest absolute Gasteiger partial charge is 0.349 e. The SMILES string of the molecule is O=C(NO)c1cnc2c(c1)CCN(CC13CCC(C1)C(=O)N3)C2. The summed E-state index contributed by atoms with van der Waals surface area (Å²) in [6.45, 7) is 2.50. The van der Waals surface area contributed by atoms with Crippen molar-refractivity contribution in [3.8, 4) is 0 Å². The van der Waals surface area contributed by atoms with Crippen LogP contribution in [-0.2, 0) is 17.8 Å². The number of hydrogen-bond acceptors (Lipinski definition) is 5. The van der Waals surface area contributed by atoms with Gasteiger partial charge in [0, 0.05) is 31.7 Å². The molecule has 2 fully saturated rings. The molecule has 4 rings (SSSR count). The van der Waals surface area contributed by atoms with E-state index in [4.69, 9.17) is 5.21 Å². The molecule has 2 atom stereocenters. The maximum atomic E-state index is 11.8. The minimum atomic E-state index is -0.535. The molecule has 1 aromatic heterocycles. The number of nitrogens with zero attached hydrogens (tertiary/aromatic N) is 2. The van der Waals surface area contributed by atoms with Gasteiger partial charge in [-0.2, -0.15) is 0 Å². The van der Waals surface area contributed by atoms with E-state index in [1.807, 2.05) is 0 Å². The molecule has 2 amide bonds. The van der Waals surface area contributed by atoms with E-state index >= 15 is 0 Å². The van der Waals surface area contributed by atoms with Crippen LogP contribution in [0.1, 0.15) is 40.9 Å². The Balaban J connectivity index is 1.47. The third-order valence-corrected chi connectivity index (χ3v) is 5.39. The molecular formula is C16H20N4O3. The van der Waals surface area contributed by atoms with Gasteiger partial charge < -0.3 is 5.32 Å². The van der Waals surface area contributed by atoms with Gasteiger partial charge in [-0.3, -0.25) is 24.7 Å². The fourth-order valence-electron chi connectivity index (χ4n) is 4.23. The zero-order chi connectivity index (χ0) is 16.0. The highest BCUT2D eigenvalue weighted by Gasteiger charge is 2.50. The monoisotopic (exact) mass is 316 g/mol. The first kappa shape index (κ1) is 14.6. The zero-order valence-corrected chi connectivity index (χ0v) is 12.8. The van der Waals surface area contributed by atoms with Gasteiger partial charge in [-0.15, -0.1) is 0 Å². The third-order valence-electron chi connectivity index (χ3n) is 5.39. The molecule has 2 bridgehead atoms. The lowest BCUT2D eigenvalue weighted by Crippen LogP contribution is -2.52. The lowest BCUT2D eigenvalue weighted by atomic mass is 9.96. The average molecular weight is 316 g/mol. The van der Waals surface area contributed by atoms with E-state index in [1.54, 1.807) is 11.5 Å². The van der Waals surface area contributed by atoms with E-state index < -0.39 is 5.91 Å². The number of hydroxylamine groups is 1. The summed E-state index contributed by atoms with van der Waals surface area (Å²) in [7, 11) is 0. The summed E-state index contributed by atoms with van der Waals surface area (Å²) >= 11 is 0. The van der Waals surface area contributed by atoms with Gasteiger partial charge in [-0.1, -0.05) is 0 Å². The first-order valence-corrected chi connectivity index (χ1v) is 8.05. The van der Waals surface area contributed by atoms with E-state index in [9.17, 15) is 9.59 Å². The van der Waals surface area contributed by atoms with Gasteiger partial charge in [0.05, 0.1) is 16.8 Å². The molecule has 7 heteroatoms. The summed E-state index contributed by atoms with van der Waals surface area (Å²) in [6, 6.07) is 1.80. The molecule has 1 saturated carbocycles. The van der Waals surface area contributed by atoms with Crippen LogP contribution in [0.25, 0.3) is 0 Å². The Kier molecular flexibility index (Phi) is 3.35. The van der Waals surface area contributed by atoms with Crippen molar-refractivity contribution in [1.82, 2.24) is 20.7 Å². The van der Waals surface area contributed by atoms with Crippen LogP contribution in [0.3, 0.4) is 0 Å². The van der Waals surface area contributed by atoms with Crippen LogP contribution >= 0.6 is 0 Å². The van der Waals surface area contributed by atoms with E-state index in [-0.39, 0.29) is 17.4 Å². The number of carbonyl (C=O) groups excluding carboxylic acids is 2. The first-order valence-electron chi connectivity index (χ1n) is 8.05. The quantitative estimate of drug-likeness (QED) is 0.548. The van der Waals surface area contributed by atoms with Crippen molar-refractivity contribution in [3.63, 3.8) is 0 Å². The Morgan fingerprint density at radius 3 is 3.13 bits per heavy atom. The first-order chi connectivity index (χ1) is 11.1. The molecule has 1 aliphatic carbocycles. The van der Waals surface area contributed by atoms with Crippen molar-refractivity contribution in [2.75, 3.05) is 13.1 Å². The van der Waals surface area contributed by atoms with E-state index in [1.165, 1.54) is 6.20 Å². The van der Waals surface area contributed by atoms with Crippen LogP contribution in [0.2, 0.25) is 0 Å². The van der Waals surface area contributed by atoms with Gasteiger partial charge >= 0.3 is 0 Å². The zero-order valence-electron chi connectivity index (χ0n) is 12.8. The topological polar surface area (TPSA) is 94.6 Å². The second-order valence-corrected chi connectivity index (χ2v) is 6.94. The Morgan fingerprint density at radius 1 is 1.57 bits per heavy atom. The van der Waals surface area contributed by atoms with Crippen LogP contribution in [0.5, 0.6) is 0 Å². The fourth-order valence-corrected chi connectivity index (χ4v) is 4.23. The number of fused-ring (bicyclic) bond motifs is 3. The van der Waals surface area contributed by atoms with E-state index in [0.717, 1.165) is 56.6 Å². The molecule has 7 nitrogen and oxygen atoms in total. The minimum absolute atomic E-state index is 0.0457. The number of amides is 2. The highest BCUT2D eigenvalue weighted by molar-refractivity contribution is 5.93. The van der Waals surface area contributed by atoms with E-state index in [2.05, 4.69) is 15.2 Å². The van der Waals surface area contributed by atoms with Crippen LogP contribution in [0.15, 0.2) is 12.3 Å². The summed E-state index contributed by atoms with van der Waals surface area (Å²) in [4.78, 5) is 30.0. The average Bonchev–Trinajstić information content (AvgIpc) is 3.10. The summed E-state index contributed by atoms with van der Waals surface area (Å²) < 4.78 is 0. The molecule has 3 N–H and O–H groups in total. The lowest BCUT2D eigenvalue weighted by molar-refractivity contribution is -0.124. The molecule has 1 aromatic rings. The Morgan fingerprint density at radius 2 is 2.43 bits per heavy atom. The summed E-state index contributed by atoms with van der Waals surface area (Å²) in [5.74, 6) is -0.108. The second kappa shape index (κ2) is 5.28. The number of rotatable bonds is 3. The molecule has 3 aliphatic rings. The van der Waals surface area contributed by atoms with Crippen LogP contribution in [-0.4, -0.2) is 45.5 Å². The predicted octanol–water partition coefficient (Wildman–Crippen LogP) is 0.227. The highest BCUT2D eigenvalue weighted by atomic mass is 16.5. The van der Waals surface area contributed by atoms with Gasteiger partial charge in [-0.25, -0.2) is 5.48 Å². The molecule has 0 radical (unpaired) electrons. The lowest BCUT2D eigenvalue weighted by Gasteiger charge is -2.36. The standard InChI is InChI=1S/C16H20N4O3/c21-14-11-1-3-16(6-11,18-14)9-20-4-2-10-5-12(15(22)19-23)7-17-13(10)8-20/h5,7,11,23H,1-4,6,8-9H2,(H,18,21)(H,19,22). The molecule has 3 heterocycles. The Bertz CT molecular complexity index is 677. The normalized spacial score (nSPS) is 29.3. The molecule has 23 heavy (non-hydrogen) atoms. The van der Waals surface area contributed by atoms with Crippen molar-refractivity contribution in [3.05, 3.63) is 29.1 Å². The Hall–Kier alpha value is -1.99. The number of carbonyl (C=O) groups is 2. The highest BCUT2D eigenvalue weighted by Crippen LogP contribution is 2.41. The summed E-state index contributed by atoms with van der Waals surface area (Å²) in [6.07, 6.45) is 5.35. The molecule has 122 valence electrons. The van der Waals surface area contributed by atoms with Crippen LogP contribution in [0, 0.1) is 5.92 Å². The molecule has 0 spiro atoms. The molecular weight excluding hydrogens is 296 g/mol. The second-order valence-electron chi connectivity index (χ2n) is 6.94. The van der Waals surface area contributed by atoms with Crippen molar-refractivity contribution in [2.24, 2.45) is 5.92 Å². The molecule has 2 unspecified atom stereocenters. The maximum Gasteiger partial charge on any atom is 0.276 e. The van der Waals surface area contributed by atoms with Gasteiger partial charge in [-0.05, 0) is 37.3 Å². The van der Waals surface area contributed by atoms with Crippen molar-refractivity contribution < 1.29 is 14.8 Å². The molecule has 1 saturated heterocycles. The Labute approximate surface area is 134 Å². The number of pyridine rings is 1. The molecule has 2 aliphatic heterocycles. The van der Waals surface area contributed by atoms with Crippen molar-refractivity contribution >= 4 is 11.8 Å². The molecule has 0 aromatic carbocycles.